The van der Waals surface area contributed by atoms with Gasteiger partial charge in [-0.15, -0.1) is 0 Å². The van der Waals surface area contributed by atoms with Crippen LogP contribution in [0.15, 0.2) is 42.5 Å². The molecule has 0 aliphatic heterocycles. The van der Waals surface area contributed by atoms with Gasteiger partial charge in [0.2, 0.25) is 0 Å². The van der Waals surface area contributed by atoms with Crippen LogP contribution in [0.2, 0.25) is 0 Å². The van der Waals surface area contributed by atoms with Crippen molar-refractivity contribution in [3.8, 4) is 0 Å². The highest BCUT2D eigenvalue weighted by atomic mass is 19.1. The highest BCUT2D eigenvalue weighted by Gasteiger charge is 2.09. The highest BCUT2D eigenvalue weighted by Crippen LogP contribution is 2.17. The molecule has 2 aromatic rings. The molecular formula is C16H17FN2O. The first kappa shape index (κ1) is 14.1. The maximum Gasteiger partial charge on any atom is 0.255 e. The Morgan fingerprint density at radius 1 is 1.10 bits per heavy atom. The van der Waals surface area contributed by atoms with E-state index in [-0.39, 0.29) is 11.7 Å². The van der Waals surface area contributed by atoms with Crippen LogP contribution in [0.4, 0.5) is 15.8 Å². The number of hydrogen-bond acceptors (Lipinski definition) is 2. The molecule has 0 unspecified atom stereocenters. The van der Waals surface area contributed by atoms with E-state index in [1.165, 1.54) is 24.3 Å². The minimum Gasteiger partial charge on any atom is -0.385 e. The Morgan fingerprint density at radius 3 is 2.35 bits per heavy atom. The summed E-state index contributed by atoms with van der Waals surface area (Å²) >= 11 is 0. The largest absolute Gasteiger partial charge is 0.385 e. The molecule has 2 rings (SSSR count). The fourth-order valence-electron chi connectivity index (χ4n) is 1.96. The van der Waals surface area contributed by atoms with Crippen LogP contribution in [0.1, 0.15) is 22.8 Å². The Hall–Kier alpha value is -2.36. The number of hydrogen-bond donors (Lipinski definition) is 2. The lowest BCUT2D eigenvalue weighted by Crippen LogP contribution is -2.13. The van der Waals surface area contributed by atoms with Crippen molar-refractivity contribution in [2.24, 2.45) is 0 Å². The van der Waals surface area contributed by atoms with E-state index < -0.39 is 0 Å². The lowest BCUT2D eigenvalue weighted by atomic mass is 10.1. The van der Waals surface area contributed by atoms with Gasteiger partial charge in [0.25, 0.3) is 5.91 Å². The van der Waals surface area contributed by atoms with Crippen LogP contribution in [0.5, 0.6) is 0 Å². The van der Waals surface area contributed by atoms with Gasteiger partial charge in [0.05, 0.1) is 0 Å². The van der Waals surface area contributed by atoms with Gasteiger partial charge in [-0.2, -0.15) is 0 Å². The summed E-state index contributed by atoms with van der Waals surface area (Å²) in [6, 6.07) is 11.3. The van der Waals surface area contributed by atoms with Crippen LogP contribution in [-0.2, 0) is 0 Å². The molecule has 0 atom stereocenters. The van der Waals surface area contributed by atoms with Gasteiger partial charge in [-0.25, -0.2) is 4.39 Å². The van der Waals surface area contributed by atoms with Gasteiger partial charge in [-0.1, -0.05) is 0 Å². The van der Waals surface area contributed by atoms with Crippen molar-refractivity contribution < 1.29 is 9.18 Å². The summed E-state index contributed by atoms with van der Waals surface area (Å²) in [6.07, 6.45) is 0. The number of amides is 1. The number of aryl methyl sites for hydroxylation is 1. The molecule has 2 N–H and O–H groups in total. The fourth-order valence-corrected chi connectivity index (χ4v) is 1.96. The zero-order chi connectivity index (χ0) is 14.5. The Kier molecular flexibility index (Phi) is 4.35. The van der Waals surface area contributed by atoms with Crippen molar-refractivity contribution in [3.63, 3.8) is 0 Å². The maximum absolute atomic E-state index is 12.8. The van der Waals surface area contributed by atoms with E-state index in [4.69, 9.17) is 0 Å². The van der Waals surface area contributed by atoms with E-state index in [0.29, 0.717) is 11.3 Å². The quantitative estimate of drug-likeness (QED) is 0.888. The van der Waals surface area contributed by atoms with Crippen LogP contribution >= 0.6 is 0 Å². The molecule has 4 heteroatoms. The molecule has 0 saturated carbocycles. The SMILES string of the molecule is CCNc1ccc(C(=O)Nc2ccc(F)cc2)c(C)c1. The van der Waals surface area contributed by atoms with Gasteiger partial charge < -0.3 is 10.6 Å². The smallest absolute Gasteiger partial charge is 0.255 e. The van der Waals surface area contributed by atoms with Crippen molar-refractivity contribution in [2.45, 2.75) is 13.8 Å². The molecule has 0 aliphatic carbocycles. The first-order valence-corrected chi connectivity index (χ1v) is 6.51. The van der Waals surface area contributed by atoms with E-state index in [0.717, 1.165) is 17.8 Å². The number of halogens is 1. The van der Waals surface area contributed by atoms with E-state index in [9.17, 15) is 9.18 Å². The van der Waals surface area contributed by atoms with Gasteiger partial charge in [0, 0.05) is 23.5 Å². The van der Waals surface area contributed by atoms with Crippen LogP contribution < -0.4 is 10.6 Å². The van der Waals surface area contributed by atoms with E-state index in [1.54, 1.807) is 6.07 Å². The summed E-state index contributed by atoms with van der Waals surface area (Å²) in [6.45, 7) is 4.74. The predicted molar refractivity (Wildman–Crippen MR) is 79.7 cm³/mol. The zero-order valence-electron chi connectivity index (χ0n) is 11.5. The van der Waals surface area contributed by atoms with E-state index in [2.05, 4.69) is 10.6 Å². The summed E-state index contributed by atoms with van der Waals surface area (Å²) < 4.78 is 12.8. The molecule has 0 aromatic heterocycles. The van der Waals surface area contributed by atoms with Gasteiger partial charge in [0.15, 0.2) is 0 Å². The molecule has 3 nitrogen and oxygen atoms in total. The number of carbonyl (C=O) groups excluding carboxylic acids is 1. The predicted octanol–water partition coefficient (Wildman–Crippen LogP) is 3.82. The average Bonchev–Trinajstić information content (AvgIpc) is 2.42. The van der Waals surface area contributed by atoms with Crippen molar-refractivity contribution in [2.75, 3.05) is 17.2 Å². The van der Waals surface area contributed by atoms with Crippen LogP contribution in [0.25, 0.3) is 0 Å². The molecule has 0 heterocycles. The lowest BCUT2D eigenvalue weighted by Gasteiger charge is -2.10. The van der Waals surface area contributed by atoms with Gasteiger partial charge in [-0.3, -0.25) is 4.79 Å². The standard InChI is InChI=1S/C16H17FN2O/c1-3-18-14-8-9-15(11(2)10-14)16(20)19-13-6-4-12(17)5-7-13/h4-10,18H,3H2,1-2H3,(H,19,20). The summed E-state index contributed by atoms with van der Waals surface area (Å²) in [5.41, 5.74) is 3.06. The Morgan fingerprint density at radius 2 is 1.75 bits per heavy atom. The van der Waals surface area contributed by atoms with Crippen LogP contribution in [-0.4, -0.2) is 12.5 Å². The van der Waals surface area contributed by atoms with Crippen LogP contribution in [0.3, 0.4) is 0 Å². The lowest BCUT2D eigenvalue weighted by molar-refractivity contribution is 0.102. The first-order chi connectivity index (χ1) is 9.60. The maximum atomic E-state index is 12.8. The number of nitrogens with one attached hydrogen (secondary N) is 2. The van der Waals surface area contributed by atoms with E-state index >= 15 is 0 Å². The molecule has 2 aromatic carbocycles. The van der Waals surface area contributed by atoms with Crippen molar-refractivity contribution in [1.29, 1.82) is 0 Å². The fraction of sp³-hybridized carbons (Fsp3) is 0.188. The molecule has 0 spiro atoms. The molecule has 0 saturated heterocycles. The third-order valence-electron chi connectivity index (χ3n) is 2.95. The number of anilines is 2. The van der Waals surface area contributed by atoms with Gasteiger partial charge in [0.1, 0.15) is 5.82 Å². The Labute approximate surface area is 117 Å². The third kappa shape index (κ3) is 3.35. The molecule has 0 aliphatic rings. The van der Waals surface area contributed by atoms with Crippen molar-refractivity contribution >= 4 is 17.3 Å². The molecular weight excluding hydrogens is 255 g/mol. The molecule has 104 valence electrons. The summed E-state index contributed by atoms with van der Waals surface area (Å²) in [5.74, 6) is -0.522. The number of rotatable bonds is 4. The van der Waals surface area contributed by atoms with E-state index in [1.807, 2.05) is 26.0 Å². The first-order valence-electron chi connectivity index (χ1n) is 6.51. The summed E-state index contributed by atoms with van der Waals surface area (Å²) in [5, 5.41) is 5.95. The third-order valence-corrected chi connectivity index (χ3v) is 2.95. The van der Waals surface area contributed by atoms with Crippen LogP contribution in [0, 0.1) is 12.7 Å². The number of carbonyl (C=O) groups is 1. The second-order valence-electron chi connectivity index (χ2n) is 4.52. The topological polar surface area (TPSA) is 41.1 Å². The highest BCUT2D eigenvalue weighted by molar-refractivity contribution is 6.05. The minimum atomic E-state index is -0.325. The van der Waals surface area contributed by atoms with Crippen molar-refractivity contribution in [1.82, 2.24) is 0 Å². The molecule has 20 heavy (non-hydrogen) atoms. The molecule has 0 fully saturated rings. The van der Waals surface area contributed by atoms with Crippen molar-refractivity contribution in [3.05, 3.63) is 59.4 Å². The van der Waals surface area contributed by atoms with Gasteiger partial charge >= 0.3 is 0 Å². The normalized spacial score (nSPS) is 10.2. The Bertz CT molecular complexity index is 608. The van der Waals surface area contributed by atoms with Gasteiger partial charge in [-0.05, 0) is 61.9 Å². The molecule has 1 amide bonds. The summed E-state index contributed by atoms with van der Waals surface area (Å²) in [7, 11) is 0. The molecule has 0 radical (unpaired) electrons. The monoisotopic (exact) mass is 272 g/mol. The average molecular weight is 272 g/mol. The Balaban J connectivity index is 2.14. The molecule has 0 bridgehead atoms. The second-order valence-corrected chi connectivity index (χ2v) is 4.52. The number of benzene rings is 2. The zero-order valence-corrected chi connectivity index (χ0v) is 11.5. The second kappa shape index (κ2) is 6.19. The minimum absolute atomic E-state index is 0.197. The summed E-state index contributed by atoms with van der Waals surface area (Å²) in [4.78, 5) is 12.2.